The number of carbonyl (C=O) groups excluding carboxylic acids is 4. The van der Waals surface area contributed by atoms with Crippen molar-refractivity contribution < 1.29 is 80.2 Å². The van der Waals surface area contributed by atoms with Gasteiger partial charge in [-0.3, -0.25) is 37.3 Å². The molecule has 19 heteroatoms. The van der Waals surface area contributed by atoms with Crippen molar-refractivity contribution in [2.24, 2.45) is 0 Å². The minimum absolute atomic E-state index is 0.0339. The van der Waals surface area contributed by atoms with Crippen LogP contribution >= 0.6 is 15.6 Å². The first-order chi connectivity index (χ1) is 48.7. The highest BCUT2D eigenvalue weighted by atomic mass is 31.2. The van der Waals surface area contributed by atoms with Gasteiger partial charge in [-0.1, -0.05) is 258 Å². The number of esters is 4. The molecule has 0 radical (unpaired) electrons. The number of aliphatic hydroxyl groups excluding tert-OH is 1. The predicted octanol–water partition coefficient (Wildman–Crippen LogP) is 22.3. The lowest BCUT2D eigenvalue weighted by molar-refractivity contribution is -0.161. The van der Waals surface area contributed by atoms with Crippen molar-refractivity contribution >= 4 is 39.5 Å². The molecule has 0 fully saturated rings. The van der Waals surface area contributed by atoms with Crippen molar-refractivity contribution in [3.05, 3.63) is 122 Å². The highest BCUT2D eigenvalue weighted by molar-refractivity contribution is 7.47. The molecule has 0 aromatic heterocycles. The summed E-state index contributed by atoms with van der Waals surface area (Å²) < 4.78 is 68.4. The first kappa shape index (κ1) is 95.5. The van der Waals surface area contributed by atoms with Crippen LogP contribution in [0.5, 0.6) is 0 Å². The Morgan fingerprint density at radius 3 is 0.890 bits per heavy atom. The van der Waals surface area contributed by atoms with Gasteiger partial charge in [0.25, 0.3) is 0 Å². The second-order valence-electron chi connectivity index (χ2n) is 25.6. The summed E-state index contributed by atoms with van der Waals surface area (Å²) in [5.41, 5.74) is 0. The zero-order valence-corrected chi connectivity index (χ0v) is 64.4. The fourth-order valence-corrected chi connectivity index (χ4v) is 11.5. The molecule has 100 heavy (non-hydrogen) atoms. The molecule has 0 spiro atoms. The monoisotopic (exact) mass is 1440 g/mol. The summed E-state index contributed by atoms with van der Waals surface area (Å²) in [7, 11) is -9.98. The summed E-state index contributed by atoms with van der Waals surface area (Å²) >= 11 is 0. The van der Waals surface area contributed by atoms with E-state index in [2.05, 4.69) is 131 Å². The normalized spacial score (nSPS) is 14.6. The van der Waals surface area contributed by atoms with Crippen molar-refractivity contribution in [1.29, 1.82) is 0 Å². The van der Waals surface area contributed by atoms with Gasteiger partial charge in [0.2, 0.25) is 0 Å². The molecule has 0 bridgehead atoms. The van der Waals surface area contributed by atoms with Crippen molar-refractivity contribution in [3.63, 3.8) is 0 Å². The summed E-state index contributed by atoms with van der Waals surface area (Å²) in [6, 6.07) is 0. The van der Waals surface area contributed by atoms with Crippen LogP contribution in [-0.2, 0) is 65.4 Å². The standard InChI is InChI=1S/C81H138O17P2/c1-5-9-13-17-21-25-29-33-35-36-37-38-40-44-48-52-56-60-64-68-81(86)98-77(71-91-78(83)65-61-57-53-49-45-41-31-27-23-19-15-11-7-3)74-96-100(89,90)94-70-75(82)69-93-99(87,88)95-73-76(97-80(85)67-63-59-55-51-47-42-32-28-24-20-16-12-8-4)72-92-79(84)66-62-58-54-50-46-43-39-34-30-26-22-18-14-10-6-2/h9,13,21-22,25-28,31-35,37-39,44,48,56,60,75-77,82H,5-8,10-12,14-20,23-24,29-30,36,40-43,45-47,49-55,57-59,61-74H2,1-4H3,(H,87,88)(H,89,90)/b13-9-,25-21-,26-22-,31-27-,32-28-,35-33-,38-37-,39-34-,48-44-,60-56-/t75-,76-,77-/m1/s1. The van der Waals surface area contributed by atoms with Gasteiger partial charge in [-0.05, 0) is 148 Å². The summed E-state index contributed by atoms with van der Waals surface area (Å²) in [4.78, 5) is 72.8. The van der Waals surface area contributed by atoms with Crippen LogP contribution in [0.3, 0.4) is 0 Å². The first-order valence-electron chi connectivity index (χ1n) is 38.8. The predicted molar refractivity (Wildman–Crippen MR) is 408 cm³/mol. The Morgan fingerprint density at radius 2 is 0.540 bits per heavy atom. The van der Waals surface area contributed by atoms with Crippen LogP contribution in [0.25, 0.3) is 0 Å². The maximum absolute atomic E-state index is 13.1. The van der Waals surface area contributed by atoms with E-state index in [1.165, 1.54) is 70.6 Å². The van der Waals surface area contributed by atoms with E-state index in [0.29, 0.717) is 32.1 Å². The molecule has 0 amide bonds. The molecule has 0 aromatic rings. The van der Waals surface area contributed by atoms with E-state index < -0.39 is 97.5 Å². The van der Waals surface area contributed by atoms with E-state index in [-0.39, 0.29) is 25.7 Å². The fraction of sp³-hybridized carbons (Fsp3) is 0.704. The lowest BCUT2D eigenvalue weighted by Crippen LogP contribution is -2.30. The lowest BCUT2D eigenvalue weighted by atomic mass is 10.1. The average molecular weight is 1450 g/mol. The zero-order valence-electron chi connectivity index (χ0n) is 62.6. The molecule has 2 unspecified atom stereocenters. The molecule has 0 heterocycles. The Hall–Kier alpha value is -4.54. The molecule has 3 N–H and O–H groups in total. The van der Waals surface area contributed by atoms with Gasteiger partial charge in [-0.2, -0.15) is 0 Å². The average Bonchev–Trinajstić information content (AvgIpc) is 0.929. The van der Waals surface area contributed by atoms with Gasteiger partial charge in [0.05, 0.1) is 26.4 Å². The van der Waals surface area contributed by atoms with Crippen molar-refractivity contribution in [1.82, 2.24) is 0 Å². The Kier molecular flexibility index (Phi) is 69.5. The number of phosphoric ester groups is 2. The van der Waals surface area contributed by atoms with Crippen LogP contribution in [0.1, 0.15) is 310 Å². The van der Waals surface area contributed by atoms with Gasteiger partial charge in [0, 0.05) is 25.7 Å². The van der Waals surface area contributed by atoms with Gasteiger partial charge < -0.3 is 33.8 Å². The number of aliphatic hydroxyl groups is 1. The summed E-state index contributed by atoms with van der Waals surface area (Å²) in [6.45, 7) is 4.59. The quantitative estimate of drug-likeness (QED) is 0.0169. The fourth-order valence-electron chi connectivity index (χ4n) is 9.97. The van der Waals surface area contributed by atoms with Gasteiger partial charge in [0.1, 0.15) is 19.3 Å². The molecule has 0 aliphatic heterocycles. The zero-order chi connectivity index (χ0) is 73.2. The Bertz CT molecular complexity index is 2370. The number of carbonyl (C=O) groups is 4. The molecular formula is C81H138O17P2. The van der Waals surface area contributed by atoms with Crippen LogP contribution in [0.4, 0.5) is 0 Å². The maximum atomic E-state index is 13.1. The Labute approximate surface area is 606 Å². The third-order valence-corrected chi connectivity index (χ3v) is 17.8. The minimum atomic E-state index is -5.00. The summed E-state index contributed by atoms with van der Waals surface area (Å²) in [5.74, 6) is -2.30. The first-order valence-corrected chi connectivity index (χ1v) is 41.8. The Balaban J connectivity index is 5.44. The van der Waals surface area contributed by atoms with E-state index in [4.69, 9.17) is 37.0 Å². The number of hydrogen-bond donors (Lipinski definition) is 3. The summed E-state index contributed by atoms with van der Waals surface area (Å²) in [5, 5.41) is 10.6. The highest BCUT2D eigenvalue weighted by Crippen LogP contribution is 2.45. The maximum Gasteiger partial charge on any atom is 0.472 e. The Morgan fingerprint density at radius 1 is 0.290 bits per heavy atom. The molecule has 0 aromatic carbocycles. The van der Waals surface area contributed by atoms with E-state index >= 15 is 0 Å². The van der Waals surface area contributed by atoms with Gasteiger partial charge in [-0.15, -0.1) is 0 Å². The molecule has 0 rings (SSSR count). The SMILES string of the molecule is CC/C=C\C/C=C\C/C=C\C/C=C\C/C=C\C/C=C\CCC(=O)O[C@H](COC(=O)CCCCCCC/C=C\CCCCCC)COP(=O)(O)OC[C@H](O)COP(=O)(O)OC[C@@H](COC(=O)CCCCCCC/C=C\C/C=C\CCCCC)OC(=O)CCCCCCC/C=C\CCCCCC. The number of hydrogen-bond acceptors (Lipinski definition) is 15. The van der Waals surface area contributed by atoms with Gasteiger partial charge in [-0.25, -0.2) is 9.13 Å². The van der Waals surface area contributed by atoms with Crippen molar-refractivity contribution in [3.8, 4) is 0 Å². The van der Waals surface area contributed by atoms with E-state index in [1.807, 2.05) is 18.2 Å². The second kappa shape index (κ2) is 72.8. The molecule has 574 valence electrons. The van der Waals surface area contributed by atoms with Gasteiger partial charge in [0.15, 0.2) is 12.2 Å². The number of unbranched alkanes of at least 4 members (excludes halogenated alkanes) is 26. The van der Waals surface area contributed by atoms with Crippen LogP contribution in [0, 0.1) is 0 Å². The number of allylic oxidation sites excluding steroid dienone is 20. The largest absolute Gasteiger partial charge is 0.472 e. The molecule has 0 saturated carbocycles. The van der Waals surface area contributed by atoms with E-state index in [9.17, 15) is 43.2 Å². The molecule has 0 saturated heterocycles. The van der Waals surface area contributed by atoms with Gasteiger partial charge >= 0.3 is 39.5 Å². The molecule has 0 aliphatic rings. The van der Waals surface area contributed by atoms with E-state index in [0.717, 1.165) is 154 Å². The van der Waals surface area contributed by atoms with Crippen LogP contribution in [0.15, 0.2) is 122 Å². The van der Waals surface area contributed by atoms with Crippen LogP contribution < -0.4 is 0 Å². The van der Waals surface area contributed by atoms with Crippen molar-refractivity contribution in [2.75, 3.05) is 39.6 Å². The van der Waals surface area contributed by atoms with Crippen LogP contribution in [-0.4, -0.2) is 96.7 Å². The molecule has 5 atom stereocenters. The highest BCUT2D eigenvalue weighted by Gasteiger charge is 2.30. The second-order valence-corrected chi connectivity index (χ2v) is 28.5. The minimum Gasteiger partial charge on any atom is -0.462 e. The summed E-state index contributed by atoms with van der Waals surface area (Å²) in [6.07, 6.45) is 79.1. The van der Waals surface area contributed by atoms with Crippen molar-refractivity contribution in [2.45, 2.75) is 329 Å². The lowest BCUT2D eigenvalue weighted by Gasteiger charge is -2.21. The number of ether oxygens (including phenoxy) is 4. The number of rotatable bonds is 72. The molecule has 0 aliphatic carbocycles. The smallest absolute Gasteiger partial charge is 0.462 e. The third-order valence-electron chi connectivity index (χ3n) is 15.9. The van der Waals surface area contributed by atoms with E-state index in [1.54, 1.807) is 0 Å². The topological polar surface area (TPSA) is 237 Å². The van der Waals surface area contributed by atoms with Crippen LogP contribution in [0.2, 0.25) is 0 Å². The number of phosphoric acid groups is 2. The third kappa shape index (κ3) is 71.8. The molecule has 17 nitrogen and oxygen atoms in total. The molecular weight excluding hydrogens is 1310 g/mol.